The Morgan fingerprint density at radius 1 is 1.46 bits per heavy atom. The predicted octanol–water partition coefficient (Wildman–Crippen LogP) is -0.565. The molecular formula is C8H15NO4. The minimum absolute atomic E-state index is 0.312. The van der Waals surface area contributed by atoms with Gasteiger partial charge in [0.2, 0.25) is 5.91 Å². The smallest absolute Gasteiger partial charge is 0.337 e. The van der Waals surface area contributed by atoms with E-state index in [2.05, 4.69) is 10.1 Å². The number of nitrogens with one attached hydrogen (secondary N) is 1. The molecule has 0 heterocycles. The zero-order valence-corrected chi connectivity index (χ0v) is 8.25. The standard InChI is InChI=1S/C8H15NO4/c1-5(10)9-8(2,3)6(11)7(12)13-4/h6,11H,1-4H3,(H,9,10)/t6-/m0/s1. The number of hydrogen-bond acceptors (Lipinski definition) is 4. The number of aliphatic hydroxyl groups is 1. The number of carbonyl (C=O) groups excluding carboxylic acids is 2. The van der Waals surface area contributed by atoms with Gasteiger partial charge >= 0.3 is 5.97 Å². The molecule has 13 heavy (non-hydrogen) atoms. The van der Waals surface area contributed by atoms with Gasteiger partial charge in [0, 0.05) is 6.92 Å². The molecule has 0 rings (SSSR count). The quantitative estimate of drug-likeness (QED) is 0.583. The van der Waals surface area contributed by atoms with E-state index in [1.165, 1.54) is 27.9 Å². The SMILES string of the molecule is COC(=O)[C@H](O)C(C)(C)NC(C)=O. The third-order valence-corrected chi connectivity index (χ3v) is 1.61. The summed E-state index contributed by atoms with van der Waals surface area (Å²) < 4.78 is 4.34. The molecule has 0 aliphatic rings. The van der Waals surface area contributed by atoms with E-state index in [9.17, 15) is 14.7 Å². The van der Waals surface area contributed by atoms with Gasteiger partial charge in [0.25, 0.3) is 0 Å². The van der Waals surface area contributed by atoms with E-state index in [-0.39, 0.29) is 5.91 Å². The molecule has 0 aliphatic carbocycles. The largest absolute Gasteiger partial charge is 0.467 e. The van der Waals surface area contributed by atoms with Crippen LogP contribution in [0.15, 0.2) is 0 Å². The fourth-order valence-corrected chi connectivity index (χ4v) is 0.928. The van der Waals surface area contributed by atoms with Crippen LogP contribution in [0.3, 0.4) is 0 Å². The number of hydrogen-bond donors (Lipinski definition) is 2. The maximum Gasteiger partial charge on any atom is 0.337 e. The van der Waals surface area contributed by atoms with Crippen molar-refractivity contribution >= 4 is 11.9 Å². The first kappa shape index (κ1) is 11.9. The van der Waals surface area contributed by atoms with E-state index >= 15 is 0 Å². The molecule has 1 amide bonds. The number of amides is 1. The first-order valence-corrected chi connectivity index (χ1v) is 3.86. The number of carbonyl (C=O) groups is 2. The summed E-state index contributed by atoms with van der Waals surface area (Å²) in [6.45, 7) is 4.39. The van der Waals surface area contributed by atoms with E-state index in [0.717, 1.165) is 0 Å². The molecule has 0 saturated carbocycles. The number of methoxy groups -OCH3 is 1. The molecule has 1 atom stereocenters. The lowest BCUT2D eigenvalue weighted by molar-refractivity contribution is -0.154. The Bertz CT molecular complexity index is 212. The van der Waals surface area contributed by atoms with Crippen LogP contribution in [0.4, 0.5) is 0 Å². The van der Waals surface area contributed by atoms with Gasteiger partial charge in [-0.1, -0.05) is 0 Å². The average molecular weight is 189 g/mol. The summed E-state index contributed by atoms with van der Waals surface area (Å²) in [5.74, 6) is -1.08. The molecule has 0 fully saturated rings. The Morgan fingerprint density at radius 2 is 1.92 bits per heavy atom. The van der Waals surface area contributed by atoms with Crippen LogP contribution in [0.1, 0.15) is 20.8 Å². The average Bonchev–Trinajstić information content (AvgIpc) is 1.99. The lowest BCUT2D eigenvalue weighted by Crippen LogP contribution is -2.54. The van der Waals surface area contributed by atoms with Gasteiger partial charge in [-0.2, -0.15) is 0 Å². The molecule has 0 aliphatic heterocycles. The van der Waals surface area contributed by atoms with Gasteiger partial charge in [-0.3, -0.25) is 4.79 Å². The van der Waals surface area contributed by atoms with Gasteiger partial charge in [0.15, 0.2) is 6.10 Å². The van der Waals surface area contributed by atoms with E-state index < -0.39 is 17.6 Å². The van der Waals surface area contributed by atoms with Crippen LogP contribution in [0.25, 0.3) is 0 Å². The van der Waals surface area contributed by atoms with Crippen molar-refractivity contribution in [1.82, 2.24) is 5.32 Å². The highest BCUT2D eigenvalue weighted by Crippen LogP contribution is 2.10. The molecule has 0 bridgehead atoms. The summed E-state index contributed by atoms with van der Waals surface area (Å²) in [4.78, 5) is 21.6. The van der Waals surface area contributed by atoms with Crippen molar-refractivity contribution in [1.29, 1.82) is 0 Å². The van der Waals surface area contributed by atoms with Crippen LogP contribution in [-0.2, 0) is 14.3 Å². The highest BCUT2D eigenvalue weighted by molar-refractivity contribution is 5.79. The first-order valence-electron chi connectivity index (χ1n) is 3.86. The molecule has 2 N–H and O–H groups in total. The van der Waals surface area contributed by atoms with Crippen molar-refractivity contribution in [2.45, 2.75) is 32.4 Å². The Hall–Kier alpha value is -1.10. The fourth-order valence-electron chi connectivity index (χ4n) is 0.928. The number of esters is 1. The highest BCUT2D eigenvalue weighted by Gasteiger charge is 2.34. The van der Waals surface area contributed by atoms with Crippen LogP contribution in [-0.4, -0.2) is 35.7 Å². The second-order valence-corrected chi connectivity index (χ2v) is 3.33. The van der Waals surface area contributed by atoms with Crippen molar-refractivity contribution in [3.05, 3.63) is 0 Å². The zero-order valence-electron chi connectivity index (χ0n) is 8.25. The lowest BCUT2D eigenvalue weighted by atomic mass is 9.97. The predicted molar refractivity (Wildman–Crippen MR) is 45.9 cm³/mol. The van der Waals surface area contributed by atoms with Crippen LogP contribution >= 0.6 is 0 Å². The van der Waals surface area contributed by atoms with Gasteiger partial charge in [0.05, 0.1) is 12.6 Å². The zero-order chi connectivity index (χ0) is 10.6. The Kier molecular flexibility index (Phi) is 3.87. The molecule has 0 aromatic heterocycles. The van der Waals surface area contributed by atoms with Crippen LogP contribution in [0.2, 0.25) is 0 Å². The van der Waals surface area contributed by atoms with Crippen LogP contribution < -0.4 is 5.32 Å². The first-order chi connectivity index (χ1) is 5.81. The third-order valence-electron chi connectivity index (χ3n) is 1.61. The lowest BCUT2D eigenvalue weighted by Gasteiger charge is -2.29. The molecule has 0 aromatic rings. The number of rotatable bonds is 3. The van der Waals surface area contributed by atoms with E-state index in [1.54, 1.807) is 0 Å². The summed E-state index contributed by atoms with van der Waals surface area (Å²) in [5.41, 5.74) is -1.01. The second kappa shape index (κ2) is 4.23. The van der Waals surface area contributed by atoms with E-state index in [1.807, 2.05) is 0 Å². The van der Waals surface area contributed by atoms with E-state index in [0.29, 0.717) is 0 Å². The Labute approximate surface area is 77.1 Å². The molecular weight excluding hydrogens is 174 g/mol. The summed E-state index contributed by atoms with van der Waals surface area (Å²) in [6, 6.07) is 0. The normalized spacial score (nSPS) is 13.3. The van der Waals surface area contributed by atoms with Gasteiger partial charge in [-0.15, -0.1) is 0 Å². The maximum absolute atomic E-state index is 10.9. The molecule has 5 nitrogen and oxygen atoms in total. The van der Waals surface area contributed by atoms with Crippen LogP contribution in [0, 0.1) is 0 Å². The summed E-state index contributed by atoms with van der Waals surface area (Å²) in [7, 11) is 1.18. The van der Waals surface area contributed by atoms with E-state index in [4.69, 9.17) is 0 Å². The number of aliphatic hydroxyl groups excluding tert-OH is 1. The van der Waals surface area contributed by atoms with Gasteiger partial charge in [-0.25, -0.2) is 4.79 Å². The monoisotopic (exact) mass is 189 g/mol. The summed E-state index contributed by atoms with van der Waals surface area (Å²) in [5, 5.41) is 11.8. The van der Waals surface area contributed by atoms with Crippen molar-refractivity contribution in [3.8, 4) is 0 Å². The molecule has 76 valence electrons. The molecule has 0 radical (unpaired) electrons. The van der Waals surface area contributed by atoms with Crippen molar-refractivity contribution < 1.29 is 19.4 Å². The molecule has 5 heteroatoms. The summed E-state index contributed by atoms with van der Waals surface area (Å²) in [6.07, 6.45) is -1.36. The molecule has 0 unspecified atom stereocenters. The minimum Gasteiger partial charge on any atom is -0.467 e. The summed E-state index contributed by atoms with van der Waals surface area (Å²) >= 11 is 0. The van der Waals surface area contributed by atoms with Crippen molar-refractivity contribution in [3.63, 3.8) is 0 Å². The third kappa shape index (κ3) is 3.42. The van der Waals surface area contributed by atoms with Crippen LogP contribution in [0.5, 0.6) is 0 Å². The Morgan fingerprint density at radius 3 is 2.23 bits per heavy atom. The second-order valence-electron chi connectivity index (χ2n) is 3.33. The van der Waals surface area contributed by atoms with Gasteiger partial charge in [0.1, 0.15) is 0 Å². The van der Waals surface area contributed by atoms with Crippen molar-refractivity contribution in [2.24, 2.45) is 0 Å². The molecule has 0 aromatic carbocycles. The van der Waals surface area contributed by atoms with Gasteiger partial charge < -0.3 is 15.2 Å². The Balaban J connectivity index is 4.43. The van der Waals surface area contributed by atoms with Gasteiger partial charge in [-0.05, 0) is 13.8 Å². The van der Waals surface area contributed by atoms with Crippen molar-refractivity contribution in [2.75, 3.05) is 7.11 Å². The fraction of sp³-hybridized carbons (Fsp3) is 0.750. The minimum atomic E-state index is -1.36. The maximum atomic E-state index is 10.9. The topological polar surface area (TPSA) is 75.6 Å². The molecule has 0 saturated heterocycles. The number of ether oxygens (including phenoxy) is 1. The highest BCUT2D eigenvalue weighted by atomic mass is 16.5. The molecule has 0 spiro atoms.